The Bertz CT molecular complexity index is 668. The summed E-state index contributed by atoms with van der Waals surface area (Å²) in [5.41, 5.74) is 0. The fourth-order valence-corrected chi connectivity index (χ4v) is 0.443. The highest BCUT2D eigenvalue weighted by Gasteiger charge is 2.04. The summed E-state index contributed by atoms with van der Waals surface area (Å²) in [6.45, 7) is 17.1. The molecule has 0 fully saturated rings. The van der Waals surface area contributed by atoms with Crippen molar-refractivity contribution >= 4 is 61.8 Å². The minimum absolute atomic E-state index is 0. The Hall–Kier alpha value is -3.55. The van der Waals surface area contributed by atoms with E-state index < -0.39 is 11.9 Å². The average Bonchev–Trinajstić information content (AvgIpc) is 2.92. The van der Waals surface area contributed by atoms with Crippen LogP contribution in [0.1, 0.15) is 101 Å². The first-order valence-electron chi connectivity index (χ1n) is 14.1. The Morgan fingerprint density at radius 1 is 0.596 bits per heavy atom. The molecule has 2 radical (unpaired) electrons. The number of carboxylic acid groups (broad SMARTS) is 2. The molecular formula is C31H76B2N4O10. The third-order valence-electron chi connectivity index (χ3n) is 2.74. The van der Waals surface area contributed by atoms with Crippen molar-refractivity contribution in [1.29, 1.82) is 0 Å². The second kappa shape index (κ2) is 73.7. The highest BCUT2D eigenvalue weighted by atomic mass is 16.4. The smallest absolute Gasteiger partial charge is 0.300 e. The van der Waals surface area contributed by atoms with Gasteiger partial charge in [0.25, 0.3) is 11.9 Å². The van der Waals surface area contributed by atoms with Crippen LogP contribution < -0.4 is 10.6 Å². The van der Waals surface area contributed by atoms with E-state index in [-0.39, 0.29) is 65.0 Å². The van der Waals surface area contributed by atoms with Crippen molar-refractivity contribution in [3.8, 4) is 0 Å². The molecule has 4 N–H and O–H groups in total. The number of carbonyl (C=O) groups excluding carboxylic acids is 6. The summed E-state index contributed by atoms with van der Waals surface area (Å²) in [6.07, 6.45) is 0.667. The van der Waals surface area contributed by atoms with Gasteiger partial charge in [-0.25, -0.2) is 0 Å². The fourth-order valence-electron chi connectivity index (χ4n) is 0.443. The summed E-state index contributed by atoms with van der Waals surface area (Å²) in [6, 6.07) is 0. The van der Waals surface area contributed by atoms with Gasteiger partial charge in [0, 0.05) is 78.8 Å². The molecule has 0 atom stereocenters. The van der Waals surface area contributed by atoms with E-state index in [4.69, 9.17) is 22.5 Å². The maximum absolute atomic E-state index is 10.3. The summed E-state index contributed by atoms with van der Waals surface area (Å²) in [5.74, 6) is -2.31. The van der Waals surface area contributed by atoms with Gasteiger partial charge in [-0.2, -0.15) is 0 Å². The topological polar surface area (TPSA) is 208 Å². The van der Waals surface area contributed by atoms with Crippen molar-refractivity contribution in [3.63, 3.8) is 0 Å². The lowest BCUT2D eigenvalue weighted by Crippen LogP contribution is -2.28. The highest BCUT2D eigenvalue weighted by molar-refractivity contribution is 6.31. The average molecular weight is 689 g/mol. The van der Waals surface area contributed by atoms with Crippen LogP contribution in [-0.4, -0.2) is 117 Å². The van der Waals surface area contributed by atoms with Gasteiger partial charge in [0.2, 0.25) is 29.5 Å². The Kier molecular flexibility index (Phi) is 117. The molecule has 16 heteroatoms. The number of hydrogen-bond donors (Lipinski definition) is 4. The molecule has 0 bridgehead atoms. The summed E-state index contributed by atoms with van der Waals surface area (Å²) in [4.78, 5) is 80.8. The first kappa shape index (κ1) is 74.4. The molecule has 0 unspecified atom stereocenters. The van der Waals surface area contributed by atoms with Gasteiger partial charge in [-0.3, -0.25) is 43.4 Å². The van der Waals surface area contributed by atoms with Crippen LogP contribution in [0.3, 0.4) is 0 Å². The number of hydrogen-bond acceptors (Lipinski definition) is 9. The maximum atomic E-state index is 10.3. The lowest BCUT2D eigenvalue weighted by molar-refractivity contribution is -0.141. The van der Waals surface area contributed by atoms with Crippen molar-refractivity contribution in [2.45, 2.75) is 126 Å². The summed E-state index contributed by atoms with van der Waals surface area (Å²) in [7, 11) is 11.8. The Labute approximate surface area is 294 Å². The predicted molar refractivity (Wildman–Crippen MR) is 202 cm³/mol. The van der Waals surface area contributed by atoms with Crippen LogP contribution in [0.5, 0.6) is 0 Å². The number of carbonyl (C=O) groups is 8. The van der Waals surface area contributed by atoms with E-state index in [1.807, 2.05) is 34.7 Å². The third-order valence-corrected chi connectivity index (χ3v) is 2.74. The minimum atomic E-state index is -0.833. The minimum Gasteiger partial charge on any atom is -0.481 e. The number of rotatable bonds is 1. The van der Waals surface area contributed by atoms with Crippen LogP contribution in [0.4, 0.5) is 0 Å². The van der Waals surface area contributed by atoms with Crippen LogP contribution >= 0.6 is 0 Å². The molecule has 0 aromatic carbocycles. The van der Waals surface area contributed by atoms with Crippen molar-refractivity contribution in [2.75, 3.05) is 35.2 Å². The molecule has 286 valence electrons. The van der Waals surface area contributed by atoms with Crippen LogP contribution in [0.2, 0.25) is 27.2 Å². The zero-order valence-corrected chi connectivity index (χ0v) is 29.3. The van der Waals surface area contributed by atoms with Crippen molar-refractivity contribution in [2.24, 2.45) is 0 Å². The Balaban J connectivity index is -0.0000000273. The number of nitrogens with one attached hydrogen (secondary N) is 2. The number of imide groups is 2. The monoisotopic (exact) mass is 689 g/mol. The number of nitrogens with zero attached hydrogens (tertiary/aromatic N) is 2. The second-order valence-electron chi connectivity index (χ2n) is 7.41. The number of amides is 5. The van der Waals surface area contributed by atoms with E-state index in [0.29, 0.717) is 20.0 Å². The normalized spacial score (nSPS) is 6.98. The molecule has 0 aliphatic rings. The van der Waals surface area contributed by atoms with Gasteiger partial charge in [0.1, 0.15) is 20.3 Å². The van der Waals surface area contributed by atoms with E-state index in [9.17, 15) is 28.8 Å². The first-order valence-corrected chi connectivity index (χ1v) is 12.7. The molecule has 0 rings (SSSR count). The number of ketones is 1. The quantitative estimate of drug-likeness (QED) is 0.273. The zero-order valence-electron chi connectivity index (χ0n) is 31.3. The summed E-state index contributed by atoms with van der Waals surface area (Å²) in [5, 5.41) is 20.0. The van der Waals surface area contributed by atoms with E-state index in [1.54, 1.807) is 28.5 Å². The standard InChI is InChI=1S/2C5H9NO2.C4H8O.C3H7NO.2C2H6B.C2H7N.2C2H4O2.4CH4/c2*1-4(7)6(3)5(2)8;1-3-4(2)5;1-3(5)4-2;3*1-3-2;2*1-2(3)4;;;;/h2*1-3H3;3H2,1-2H3;1-2H3,(H,4,5);2*1-2H3;3H,1-2H3;2*1H3,(H,3,4);4*1H4/i;;;;2*1D;;;;;;;. The molecular weight excluding hydrogens is 610 g/mol. The van der Waals surface area contributed by atoms with E-state index >= 15 is 0 Å². The molecule has 5 amide bonds. The van der Waals surface area contributed by atoms with Crippen LogP contribution in [0.25, 0.3) is 0 Å². The van der Waals surface area contributed by atoms with Gasteiger partial charge in [-0.05, 0) is 21.0 Å². The molecule has 0 aromatic rings. The molecule has 14 nitrogen and oxygen atoms in total. The van der Waals surface area contributed by atoms with E-state index in [2.05, 4.69) is 10.6 Å². The van der Waals surface area contributed by atoms with E-state index in [1.165, 1.54) is 48.7 Å². The molecule has 0 heterocycles. The maximum Gasteiger partial charge on any atom is 0.300 e. The van der Waals surface area contributed by atoms with Crippen LogP contribution in [0, 0.1) is 0 Å². The lowest BCUT2D eigenvalue weighted by atomic mass is 9.88. The molecule has 0 aliphatic carbocycles. The number of carboxylic acids is 2. The van der Waals surface area contributed by atoms with Crippen LogP contribution in [-0.2, 0) is 38.4 Å². The molecule has 0 aromatic heterocycles. The summed E-state index contributed by atoms with van der Waals surface area (Å²) < 4.78 is 12.8. The zero-order chi connectivity index (χ0) is 38.7. The van der Waals surface area contributed by atoms with Crippen LogP contribution in [0.15, 0.2) is 0 Å². The van der Waals surface area contributed by atoms with Gasteiger partial charge in [-0.1, -0.05) is 63.9 Å². The van der Waals surface area contributed by atoms with Gasteiger partial charge in [-0.15, -0.1) is 0 Å². The predicted octanol–water partition coefficient (Wildman–Crippen LogP) is 4.90. The molecule has 0 saturated heterocycles. The van der Waals surface area contributed by atoms with Gasteiger partial charge in [0.05, 0.1) is 0 Å². The Morgan fingerprint density at radius 2 is 0.702 bits per heavy atom. The largest absolute Gasteiger partial charge is 0.481 e. The lowest BCUT2D eigenvalue weighted by Gasteiger charge is -2.07. The van der Waals surface area contributed by atoms with Gasteiger partial charge >= 0.3 is 0 Å². The molecule has 0 aliphatic heterocycles. The fraction of sp³-hybridized carbons (Fsp3) is 0.742. The van der Waals surface area contributed by atoms with E-state index in [0.717, 1.165) is 23.6 Å². The Morgan fingerprint density at radius 3 is 0.702 bits per heavy atom. The molecule has 0 spiro atoms. The SMILES string of the molecule is C.C.C.C.CC(=O)N(C)C(C)=O.CC(=O)N(C)C(C)=O.CC(=O)O.CC(=O)O.CCC(C)=O.CNC.CNC(C)=O.[2H]C[B]C.[2H]C[B]C. The molecule has 0 saturated carbocycles. The highest BCUT2D eigenvalue weighted by Crippen LogP contribution is 1.82. The van der Waals surface area contributed by atoms with Gasteiger partial charge < -0.3 is 25.6 Å². The molecule has 47 heavy (non-hydrogen) atoms. The van der Waals surface area contributed by atoms with Gasteiger partial charge in [0.15, 0.2) is 0 Å². The third kappa shape index (κ3) is 257. The number of aliphatic carboxylic acids is 2. The van der Waals surface area contributed by atoms with Crippen molar-refractivity contribution in [3.05, 3.63) is 0 Å². The first-order chi connectivity index (χ1) is 20.4. The number of Topliss-reactive ketones (excluding diaryl/α,β-unsaturated/α-hetero) is 1. The van der Waals surface area contributed by atoms with Crippen molar-refractivity contribution in [1.82, 2.24) is 20.4 Å². The second-order valence-corrected chi connectivity index (χ2v) is 7.41. The van der Waals surface area contributed by atoms with Crippen molar-refractivity contribution < 1.29 is 51.3 Å². The summed E-state index contributed by atoms with van der Waals surface area (Å²) >= 11 is 0.